The number of carboxylic acids is 1. The number of benzene rings is 1. The molecule has 1 aromatic carbocycles. The third-order valence-corrected chi connectivity index (χ3v) is 4.03. The Morgan fingerprint density at radius 1 is 1.47 bits per heavy atom. The summed E-state index contributed by atoms with van der Waals surface area (Å²) in [5.74, 6) is -1.21. The van der Waals surface area contributed by atoms with E-state index in [1.54, 1.807) is 4.90 Å². The van der Waals surface area contributed by atoms with Crippen molar-refractivity contribution in [2.45, 2.75) is 19.8 Å². The van der Waals surface area contributed by atoms with Gasteiger partial charge in [-0.25, -0.2) is 0 Å². The molecular weight excluding hydrogens is 310 g/mol. The summed E-state index contributed by atoms with van der Waals surface area (Å²) in [5.41, 5.74) is 2.06. The highest BCUT2D eigenvalue weighted by atomic mass is 79.9. The number of aryl methyl sites for hydroxylation is 1. The summed E-state index contributed by atoms with van der Waals surface area (Å²) in [6.07, 6.45) is 0.895. The Kier molecular flexibility index (Phi) is 4.24. The smallest absolute Gasteiger partial charge is 0.308 e. The predicted octanol–water partition coefficient (Wildman–Crippen LogP) is 2.23. The van der Waals surface area contributed by atoms with E-state index >= 15 is 0 Å². The van der Waals surface area contributed by atoms with Gasteiger partial charge in [0.05, 0.1) is 12.3 Å². The van der Waals surface area contributed by atoms with Crippen molar-refractivity contribution in [2.75, 3.05) is 13.1 Å². The Labute approximate surface area is 120 Å². The van der Waals surface area contributed by atoms with Gasteiger partial charge in [0, 0.05) is 17.6 Å². The molecule has 0 saturated carbocycles. The van der Waals surface area contributed by atoms with Crippen molar-refractivity contribution in [1.29, 1.82) is 0 Å². The molecule has 19 heavy (non-hydrogen) atoms. The molecule has 1 unspecified atom stereocenters. The molecule has 1 fully saturated rings. The van der Waals surface area contributed by atoms with Gasteiger partial charge in [0.25, 0.3) is 0 Å². The van der Waals surface area contributed by atoms with Gasteiger partial charge in [-0.1, -0.05) is 22.0 Å². The van der Waals surface area contributed by atoms with E-state index in [9.17, 15) is 9.59 Å². The van der Waals surface area contributed by atoms with Crippen LogP contribution in [0, 0.1) is 12.8 Å². The molecule has 2 rings (SSSR count). The summed E-state index contributed by atoms with van der Waals surface area (Å²) in [6, 6.07) is 5.83. The van der Waals surface area contributed by atoms with Gasteiger partial charge in [-0.15, -0.1) is 0 Å². The zero-order chi connectivity index (χ0) is 14.0. The molecule has 5 heteroatoms. The van der Waals surface area contributed by atoms with Crippen molar-refractivity contribution in [3.63, 3.8) is 0 Å². The van der Waals surface area contributed by atoms with Crippen LogP contribution in [0.1, 0.15) is 17.5 Å². The second-order valence-corrected chi connectivity index (χ2v) is 5.83. The number of carboxylic acid groups (broad SMARTS) is 1. The number of carbonyl (C=O) groups is 2. The van der Waals surface area contributed by atoms with E-state index < -0.39 is 11.9 Å². The summed E-state index contributed by atoms with van der Waals surface area (Å²) in [4.78, 5) is 24.7. The fourth-order valence-corrected chi connectivity index (χ4v) is 2.80. The Morgan fingerprint density at radius 3 is 2.79 bits per heavy atom. The van der Waals surface area contributed by atoms with E-state index in [0.29, 0.717) is 25.9 Å². The maximum absolute atomic E-state index is 12.1. The minimum Gasteiger partial charge on any atom is -0.481 e. The number of hydrogen-bond donors (Lipinski definition) is 1. The van der Waals surface area contributed by atoms with Gasteiger partial charge in [-0.05, 0) is 36.6 Å². The van der Waals surface area contributed by atoms with Crippen LogP contribution in [0.15, 0.2) is 22.7 Å². The van der Waals surface area contributed by atoms with E-state index in [1.165, 1.54) is 0 Å². The third-order valence-electron chi connectivity index (χ3n) is 3.54. The molecule has 1 saturated heterocycles. The highest BCUT2D eigenvalue weighted by Crippen LogP contribution is 2.20. The third kappa shape index (κ3) is 3.35. The summed E-state index contributed by atoms with van der Waals surface area (Å²) in [7, 11) is 0. The van der Waals surface area contributed by atoms with Crippen LogP contribution in [-0.2, 0) is 16.0 Å². The van der Waals surface area contributed by atoms with Crippen molar-refractivity contribution in [2.24, 2.45) is 5.92 Å². The van der Waals surface area contributed by atoms with Gasteiger partial charge >= 0.3 is 5.97 Å². The Balaban J connectivity index is 2.00. The molecule has 1 atom stereocenters. The molecule has 4 nitrogen and oxygen atoms in total. The van der Waals surface area contributed by atoms with Gasteiger partial charge in [0.15, 0.2) is 0 Å². The van der Waals surface area contributed by atoms with Crippen molar-refractivity contribution >= 4 is 27.8 Å². The van der Waals surface area contributed by atoms with Gasteiger partial charge in [-0.3, -0.25) is 9.59 Å². The van der Waals surface area contributed by atoms with Crippen molar-refractivity contribution in [3.05, 3.63) is 33.8 Å². The number of halogens is 1. The largest absolute Gasteiger partial charge is 0.481 e. The van der Waals surface area contributed by atoms with E-state index in [4.69, 9.17) is 5.11 Å². The number of carbonyl (C=O) groups excluding carboxylic acids is 1. The molecule has 102 valence electrons. The number of nitrogens with zero attached hydrogens (tertiary/aromatic N) is 1. The number of hydrogen-bond acceptors (Lipinski definition) is 2. The maximum Gasteiger partial charge on any atom is 0.308 e. The van der Waals surface area contributed by atoms with E-state index in [-0.39, 0.29) is 5.91 Å². The lowest BCUT2D eigenvalue weighted by atomic mass is 10.1. The summed E-state index contributed by atoms with van der Waals surface area (Å²) in [6.45, 7) is 2.85. The summed E-state index contributed by atoms with van der Waals surface area (Å²) >= 11 is 3.39. The van der Waals surface area contributed by atoms with Gasteiger partial charge in [-0.2, -0.15) is 0 Å². The Bertz CT molecular complexity index is 515. The van der Waals surface area contributed by atoms with Crippen LogP contribution in [0.4, 0.5) is 0 Å². The molecule has 1 heterocycles. The molecule has 1 aliphatic rings. The molecule has 0 spiro atoms. The first-order valence-electron chi connectivity index (χ1n) is 6.23. The van der Waals surface area contributed by atoms with Crippen LogP contribution in [0.25, 0.3) is 0 Å². The van der Waals surface area contributed by atoms with Crippen LogP contribution in [0.3, 0.4) is 0 Å². The average molecular weight is 326 g/mol. The quantitative estimate of drug-likeness (QED) is 0.927. The first-order valence-corrected chi connectivity index (χ1v) is 7.02. The van der Waals surface area contributed by atoms with Crippen molar-refractivity contribution < 1.29 is 14.7 Å². The molecule has 1 amide bonds. The van der Waals surface area contributed by atoms with Gasteiger partial charge in [0.2, 0.25) is 5.91 Å². The lowest BCUT2D eigenvalue weighted by Crippen LogP contribution is -2.31. The minimum atomic E-state index is -0.810. The summed E-state index contributed by atoms with van der Waals surface area (Å²) in [5, 5.41) is 8.93. The van der Waals surface area contributed by atoms with E-state index in [0.717, 1.165) is 15.6 Å². The van der Waals surface area contributed by atoms with Crippen molar-refractivity contribution in [1.82, 2.24) is 4.90 Å². The molecule has 1 N–H and O–H groups in total. The SMILES string of the molecule is Cc1cc(Br)ccc1CC(=O)N1CCC(C(=O)O)C1. The highest BCUT2D eigenvalue weighted by Gasteiger charge is 2.30. The maximum atomic E-state index is 12.1. The second kappa shape index (κ2) is 5.74. The van der Waals surface area contributed by atoms with Crippen LogP contribution < -0.4 is 0 Å². The number of aliphatic carboxylic acids is 1. The monoisotopic (exact) mass is 325 g/mol. The van der Waals surface area contributed by atoms with Crippen LogP contribution in [0.2, 0.25) is 0 Å². The molecular formula is C14H16BrNO3. The van der Waals surface area contributed by atoms with E-state index in [1.807, 2.05) is 25.1 Å². The zero-order valence-corrected chi connectivity index (χ0v) is 12.3. The van der Waals surface area contributed by atoms with E-state index in [2.05, 4.69) is 15.9 Å². The first-order chi connectivity index (χ1) is 8.97. The second-order valence-electron chi connectivity index (χ2n) is 4.91. The lowest BCUT2D eigenvalue weighted by Gasteiger charge is -2.16. The Morgan fingerprint density at radius 2 is 2.21 bits per heavy atom. The molecule has 1 aromatic rings. The highest BCUT2D eigenvalue weighted by molar-refractivity contribution is 9.10. The fourth-order valence-electron chi connectivity index (χ4n) is 2.32. The van der Waals surface area contributed by atoms with Crippen LogP contribution >= 0.6 is 15.9 Å². The molecule has 0 aromatic heterocycles. The Hall–Kier alpha value is -1.36. The van der Waals surface area contributed by atoms with Crippen LogP contribution in [-0.4, -0.2) is 35.0 Å². The number of rotatable bonds is 3. The average Bonchev–Trinajstić information content (AvgIpc) is 2.82. The first kappa shape index (κ1) is 14.1. The van der Waals surface area contributed by atoms with Crippen molar-refractivity contribution in [3.8, 4) is 0 Å². The molecule has 0 radical (unpaired) electrons. The van der Waals surface area contributed by atoms with Gasteiger partial charge < -0.3 is 10.0 Å². The van der Waals surface area contributed by atoms with Crippen LogP contribution in [0.5, 0.6) is 0 Å². The minimum absolute atomic E-state index is 0.00849. The lowest BCUT2D eigenvalue weighted by molar-refractivity contribution is -0.141. The molecule has 0 aliphatic carbocycles. The standard InChI is InChI=1S/C14H16BrNO3/c1-9-6-12(15)3-2-10(9)7-13(17)16-5-4-11(8-16)14(18)19/h2-3,6,11H,4-5,7-8H2,1H3,(H,18,19). The summed E-state index contributed by atoms with van der Waals surface area (Å²) < 4.78 is 0.994. The number of likely N-dealkylation sites (tertiary alicyclic amines) is 1. The predicted molar refractivity (Wildman–Crippen MR) is 74.9 cm³/mol. The topological polar surface area (TPSA) is 57.6 Å². The normalized spacial score (nSPS) is 18.6. The molecule has 0 bridgehead atoms. The number of amides is 1. The van der Waals surface area contributed by atoms with Gasteiger partial charge in [0.1, 0.15) is 0 Å². The zero-order valence-electron chi connectivity index (χ0n) is 10.7. The fraction of sp³-hybridized carbons (Fsp3) is 0.429. The molecule has 1 aliphatic heterocycles.